The minimum absolute atomic E-state index is 0.509. The van der Waals surface area contributed by atoms with Crippen LogP contribution in [0.15, 0.2) is 24.3 Å². The molecule has 0 saturated carbocycles. The summed E-state index contributed by atoms with van der Waals surface area (Å²) in [7, 11) is 1.75. The van der Waals surface area contributed by atoms with Crippen LogP contribution in [0.4, 0.5) is 0 Å². The number of hydrogen-bond acceptors (Lipinski definition) is 2. The zero-order valence-electron chi connectivity index (χ0n) is 13.2. The lowest BCUT2D eigenvalue weighted by molar-refractivity contribution is 0.208. The van der Waals surface area contributed by atoms with Gasteiger partial charge in [-0.25, -0.2) is 0 Å². The van der Waals surface area contributed by atoms with Crippen LogP contribution in [0.3, 0.4) is 0 Å². The second kappa shape index (κ2) is 6.94. The first kappa shape index (κ1) is 15.1. The SMILES string of the molecule is CCCN(CCC)[C@@H]1C=Cc2c(OC)cccc2[C@@H]1C. The van der Waals surface area contributed by atoms with Gasteiger partial charge in [-0.15, -0.1) is 0 Å². The molecule has 2 heteroatoms. The minimum Gasteiger partial charge on any atom is -0.496 e. The first-order valence-electron chi connectivity index (χ1n) is 7.82. The van der Waals surface area contributed by atoms with E-state index >= 15 is 0 Å². The standard InChI is InChI=1S/C18H27NO/c1-5-12-19(13-6-2)17-11-10-16-15(14(17)3)8-7-9-18(16)20-4/h7-11,14,17H,5-6,12-13H2,1-4H3/t14-,17+/m0/s1. The molecule has 1 aromatic rings. The summed E-state index contributed by atoms with van der Waals surface area (Å²) in [5.74, 6) is 1.50. The van der Waals surface area contributed by atoms with Gasteiger partial charge in [0.2, 0.25) is 0 Å². The Hall–Kier alpha value is -1.28. The maximum absolute atomic E-state index is 5.49. The fourth-order valence-electron chi connectivity index (χ4n) is 3.28. The molecule has 0 amide bonds. The maximum Gasteiger partial charge on any atom is 0.126 e. The Morgan fingerprint density at radius 3 is 2.45 bits per heavy atom. The van der Waals surface area contributed by atoms with Gasteiger partial charge in [-0.3, -0.25) is 4.90 Å². The highest BCUT2D eigenvalue weighted by atomic mass is 16.5. The molecule has 1 aliphatic carbocycles. The van der Waals surface area contributed by atoms with Crippen molar-refractivity contribution in [3.8, 4) is 5.75 Å². The van der Waals surface area contributed by atoms with Gasteiger partial charge in [0.05, 0.1) is 7.11 Å². The fourth-order valence-corrected chi connectivity index (χ4v) is 3.28. The van der Waals surface area contributed by atoms with Crippen LogP contribution in [0.2, 0.25) is 0 Å². The van der Waals surface area contributed by atoms with E-state index in [4.69, 9.17) is 4.74 Å². The van der Waals surface area contributed by atoms with E-state index < -0.39 is 0 Å². The molecule has 0 saturated heterocycles. The molecule has 0 spiro atoms. The van der Waals surface area contributed by atoms with E-state index in [2.05, 4.69) is 50.0 Å². The van der Waals surface area contributed by atoms with E-state index in [1.165, 1.54) is 37.1 Å². The molecule has 2 nitrogen and oxygen atoms in total. The van der Waals surface area contributed by atoms with Gasteiger partial charge in [0.1, 0.15) is 5.75 Å². The Kier molecular flexibility index (Phi) is 5.24. The van der Waals surface area contributed by atoms with Gasteiger partial charge in [-0.2, -0.15) is 0 Å². The normalized spacial score (nSPS) is 21.1. The molecule has 110 valence electrons. The van der Waals surface area contributed by atoms with E-state index in [1.807, 2.05) is 6.07 Å². The van der Waals surface area contributed by atoms with Gasteiger partial charge in [-0.1, -0.05) is 45.1 Å². The van der Waals surface area contributed by atoms with Gasteiger partial charge in [0.15, 0.2) is 0 Å². The van der Waals surface area contributed by atoms with Crippen LogP contribution in [-0.4, -0.2) is 31.1 Å². The number of fused-ring (bicyclic) bond motifs is 1. The molecule has 0 fully saturated rings. The Morgan fingerprint density at radius 1 is 1.15 bits per heavy atom. The van der Waals surface area contributed by atoms with Gasteiger partial charge >= 0.3 is 0 Å². The largest absolute Gasteiger partial charge is 0.496 e. The summed E-state index contributed by atoms with van der Waals surface area (Å²) in [5, 5.41) is 0. The van der Waals surface area contributed by atoms with Crippen molar-refractivity contribution < 1.29 is 4.74 Å². The van der Waals surface area contributed by atoms with Crippen LogP contribution >= 0.6 is 0 Å². The third kappa shape index (κ3) is 2.90. The average Bonchev–Trinajstić information content (AvgIpc) is 2.47. The number of rotatable bonds is 6. The zero-order chi connectivity index (χ0) is 14.5. The molecule has 1 aliphatic rings. The van der Waals surface area contributed by atoms with E-state index in [0.717, 1.165) is 5.75 Å². The lowest BCUT2D eigenvalue weighted by Gasteiger charge is -2.36. The highest BCUT2D eigenvalue weighted by Crippen LogP contribution is 2.37. The number of benzene rings is 1. The topological polar surface area (TPSA) is 12.5 Å². The summed E-state index contributed by atoms with van der Waals surface area (Å²) in [6.07, 6.45) is 7.03. The molecule has 2 rings (SSSR count). The second-order valence-corrected chi connectivity index (χ2v) is 5.64. The fraction of sp³-hybridized carbons (Fsp3) is 0.556. The van der Waals surface area contributed by atoms with Crippen molar-refractivity contribution in [3.05, 3.63) is 35.4 Å². The van der Waals surface area contributed by atoms with Crippen LogP contribution in [0.25, 0.3) is 6.08 Å². The Balaban J connectivity index is 2.29. The summed E-state index contributed by atoms with van der Waals surface area (Å²) >= 11 is 0. The van der Waals surface area contributed by atoms with Gasteiger partial charge in [-0.05, 0) is 37.6 Å². The third-order valence-corrected chi connectivity index (χ3v) is 4.23. The molecule has 1 aromatic carbocycles. The monoisotopic (exact) mass is 273 g/mol. The molecule has 20 heavy (non-hydrogen) atoms. The summed E-state index contributed by atoms with van der Waals surface area (Å²) in [5.41, 5.74) is 2.67. The molecular weight excluding hydrogens is 246 g/mol. The van der Waals surface area contributed by atoms with Crippen molar-refractivity contribution in [1.29, 1.82) is 0 Å². The van der Waals surface area contributed by atoms with Gasteiger partial charge < -0.3 is 4.74 Å². The van der Waals surface area contributed by atoms with E-state index in [9.17, 15) is 0 Å². The maximum atomic E-state index is 5.49. The first-order chi connectivity index (χ1) is 9.72. The second-order valence-electron chi connectivity index (χ2n) is 5.64. The molecule has 0 bridgehead atoms. The van der Waals surface area contributed by atoms with Crippen molar-refractivity contribution in [2.24, 2.45) is 0 Å². The number of nitrogens with zero attached hydrogens (tertiary/aromatic N) is 1. The Labute approximate surface area is 123 Å². The number of ether oxygens (including phenoxy) is 1. The number of methoxy groups -OCH3 is 1. The molecular formula is C18H27NO. The smallest absolute Gasteiger partial charge is 0.126 e. The molecule has 0 heterocycles. The molecule has 0 unspecified atom stereocenters. The van der Waals surface area contributed by atoms with Crippen LogP contribution in [-0.2, 0) is 0 Å². The van der Waals surface area contributed by atoms with Crippen LogP contribution in [0.1, 0.15) is 50.7 Å². The minimum atomic E-state index is 0.509. The van der Waals surface area contributed by atoms with Crippen LogP contribution in [0, 0.1) is 0 Å². The summed E-state index contributed by atoms with van der Waals surface area (Å²) in [6, 6.07) is 6.91. The van der Waals surface area contributed by atoms with Crippen molar-refractivity contribution in [3.63, 3.8) is 0 Å². The molecule has 2 atom stereocenters. The number of hydrogen-bond donors (Lipinski definition) is 0. The van der Waals surface area contributed by atoms with Crippen molar-refractivity contribution in [2.45, 2.75) is 45.6 Å². The Morgan fingerprint density at radius 2 is 1.85 bits per heavy atom. The summed E-state index contributed by atoms with van der Waals surface area (Å²) in [4.78, 5) is 2.61. The van der Waals surface area contributed by atoms with Gasteiger partial charge in [0, 0.05) is 17.5 Å². The van der Waals surface area contributed by atoms with E-state index in [0.29, 0.717) is 12.0 Å². The average molecular weight is 273 g/mol. The first-order valence-corrected chi connectivity index (χ1v) is 7.82. The van der Waals surface area contributed by atoms with Crippen LogP contribution in [0.5, 0.6) is 5.75 Å². The highest BCUT2D eigenvalue weighted by Gasteiger charge is 2.27. The van der Waals surface area contributed by atoms with Crippen LogP contribution < -0.4 is 4.74 Å². The lowest BCUT2D eigenvalue weighted by atomic mass is 9.83. The summed E-state index contributed by atoms with van der Waals surface area (Å²) < 4.78 is 5.49. The quantitative estimate of drug-likeness (QED) is 0.765. The highest BCUT2D eigenvalue weighted by molar-refractivity contribution is 5.65. The molecule has 0 N–H and O–H groups in total. The predicted octanol–water partition coefficient (Wildman–Crippen LogP) is 4.32. The van der Waals surface area contributed by atoms with E-state index in [-0.39, 0.29) is 0 Å². The molecule has 0 aliphatic heterocycles. The molecule has 0 aromatic heterocycles. The van der Waals surface area contributed by atoms with Crippen molar-refractivity contribution >= 4 is 6.08 Å². The lowest BCUT2D eigenvalue weighted by Crippen LogP contribution is -2.39. The zero-order valence-corrected chi connectivity index (χ0v) is 13.2. The van der Waals surface area contributed by atoms with Crippen molar-refractivity contribution in [2.75, 3.05) is 20.2 Å². The molecule has 0 radical (unpaired) electrons. The van der Waals surface area contributed by atoms with Gasteiger partial charge in [0.25, 0.3) is 0 Å². The predicted molar refractivity (Wildman–Crippen MR) is 86.4 cm³/mol. The third-order valence-electron chi connectivity index (χ3n) is 4.23. The van der Waals surface area contributed by atoms with Crippen molar-refractivity contribution in [1.82, 2.24) is 4.90 Å². The summed E-state index contributed by atoms with van der Waals surface area (Å²) in [6.45, 7) is 9.21. The van der Waals surface area contributed by atoms with E-state index in [1.54, 1.807) is 7.11 Å². The Bertz CT molecular complexity index is 460.